The molecule has 2 aromatic rings. The molecule has 0 aliphatic rings. The summed E-state index contributed by atoms with van der Waals surface area (Å²) in [7, 11) is 0. The molecular formula is C35H52N2O4. The van der Waals surface area contributed by atoms with E-state index in [-0.39, 0.29) is 12.2 Å². The molecule has 6 heteroatoms. The van der Waals surface area contributed by atoms with Crippen LogP contribution in [0.25, 0.3) is 0 Å². The SMILES string of the molecule is C/C(=C\CCCCN(Cc1ccccc1)C(=O)OC(C)(C)C)CCCCN(Cc1ccccc1)C(=O)OC(C)(C)C. The molecule has 2 amide bonds. The molecule has 0 saturated heterocycles. The molecule has 0 heterocycles. The molecule has 0 aliphatic carbocycles. The van der Waals surface area contributed by atoms with Crippen molar-refractivity contribution in [3.8, 4) is 0 Å². The largest absolute Gasteiger partial charge is 0.444 e. The average molecular weight is 565 g/mol. The summed E-state index contributed by atoms with van der Waals surface area (Å²) in [5.41, 5.74) is 2.53. The summed E-state index contributed by atoms with van der Waals surface area (Å²) in [5.74, 6) is 0. The number of amides is 2. The molecule has 0 radical (unpaired) electrons. The number of carbonyl (C=O) groups excluding carboxylic acids is 2. The Kier molecular flexibility index (Phi) is 13.9. The van der Waals surface area contributed by atoms with Crippen molar-refractivity contribution in [1.29, 1.82) is 0 Å². The van der Waals surface area contributed by atoms with Gasteiger partial charge in [0.05, 0.1) is 0 Å². The summed E-state index contributed by atoms with van der Waals surface area (Å²) >= 11 is 0. The Labute approximate surface area is 248 Å². The summed E-state index contributed by atoms with van der Waals surface area (Å²) in [6.07, 6.45) is 7.63. The van der Waals surface area contributed by atoms with E-state index >= 15 is 0 Å². The van der Waals surface area contributed by atoms with Crippen molar-refractivity contribution in [2.24, 2.45) is 0 Å². The quantitative estimate of drug-likeness (QED) is 0.170. The zero-order valence-corrected chi connectivity index (χ0v) is 26.4. The lowest BCUT2D eigenvalue weighted by Gasteiger charge is -2.27. The second-order valence-electron chi connectivity index (χ2n) is 12.8. The number of rotatable bonds is 14. The summed E-state index contributed by atoms with van der Waals surface area (Å²) in [6, 6.07) is 20.1. The van der Waals surface area contributed by atoms with Gasteiger partial charge in [-0.05, 0) is 98.1 Å². The molecule has 0 unspecified atom stereocenters. The minimum atomic E-state index is -0.517. The topological polar surface area (TPSA) is 59.1 Å². The molecule has 0 aromatic heterocycles. The fraction of sp³-hybridized carbons (Fsp3) is 0.543. The van der Waals surface area contributed by atoms with Crippen LogP contribution in [-0.4, -0.2) is 46.3 Å². The first-order valence-electron chi connectivity index (χ1n) is 15.0. The van der Waals surface area contributed by atoms with Gasteiger partial charge in [0, 0.05) is 26.2 Å². The van der Waals surface area contributed by atoms with Crippen molar-refractivity contribution < 1.29 is 19.1 Å². The van der Waals surface area contributed by atoms with Crippen LogP contribution in [0, 0.1) is 0 Å². The Hall–Kier alpha value is -3.28. The molecule has 6 nitrogen and oxygen atoms in total. The van der Waals surface area contributed by atoms with E-state index in [2.05, 4.69) is 13.0 Å². The van der Waals surface area contributed by atoms with Gasteiger partial charge in [-0.15, -0.1) is 0 Å². The van der Waals surface area contributed by atoms with Gasteiger partial charge in [-0.1, -0.05) is 72.3 Å². The standard InChI is InChI=1S/C35H52N2O4/c1-29(20-16-18-26-37(33(39)41-35(5,6)7)28-31-23-14-9-15-24-31)19-11-10-17-25-36(32(38)40-34(2,3)4)27-30-21-12-8-13-22-30/h8-9,12-15,19,21-24H,10-11,16-18,20,25-28H2,1-7H3/b29-19+. The van der Waals surface area contributed by atoms with Gasteiger partial charge in [0.2, 0.25) is 0 Å². The Morgan fingerprint density at radius 3 is 1.49 bits per heavy atom. The lowest BCUT2D eigenvalue weighted by Crippen LogP contribution is -2.37. The molecule has 41 heavy (non-hydrogen) atoms. The van der Waals surface area contributed by atoms with E-state index < -0.39 is 11.2 Å². The third-order valence-electron chi connectivity index (χ3n) is 6.36. The molecule has 0 aliphatic heterocycles. The van der Waals surface area contributed by atoms with E-state index in [4.69, 9.17) is 9.47 Å². The summed E-state index contributed by atoms with van der Waals surface area (Å²) in [5, 5.41) is 0. The molecule has 0 fully saturated rings. The van der Waals surface area contributed by atoms with Crippen LogP contribution in [0.5, 0.6) is 0 Å². The Bertz CT molecular complexity index is 1070. The normalized spacial score (nSPS) is 12.1. The fourth-order valence-corrected chi connectivity index (χ4v) is 4.33. The smallest absolute Gasteiger partial charge is 0.410 e. The van der Waals surface area contributed by atoms with Gasteiger partial charge in [0.15, 0.2) is 0 Å². The molecule has 0 N–H and O–H groups in total. The highest BCUT2D eigenvalue weighted by atomic mass is 16.6. The second kappa shape index (κ2) is 16.9. The maximum atomic E-state index is 12.8. The second-order valence-corrected chi connectivity index (χ2v) is 12.8. The highest BCUT2D eigenvalue weighted by Crippen LogP contribution is 2.17. The maximum Gasteiger partial charge on any atom is 0.410 e. The third kappa shape index (κ3) is 15.3. The average Bonchev–Trinajstić information content (AvgIpc) is 2.88. The summed E-state index contributed by atoms with van der Waals surface area (Å²) in [4.78, 5) is 29.2. The maximum absolute atomic E-state index is 12.8. The number of allylic oxidation sites excluding steroid dienone is 2. The van der Waals surface area contributed by atoms with Crippen LogP contribution < -0.4 is 0 Å². The zero-order valence-electron chi connectivity index (χ0n) is 26.4. The lowest BCUT2D eigenvalue weighted by atomic mass is 10.1. The van der Waals surface area contributed by atoms with Crippen molar-refractivity contribution in [2.45, 2.75) is 111 Å². The summed E-state index contributed by atoms with van der Waals surface area (Å²) in [6.45, 7) is 16.0. The van der Waals surface area contributed by atoms with Crippen LogP contribution in [0.2, 0.25) is 0 Å². The van der Waals surface area contributed by atoms with Crippen LogP contribution in [0.1, 0.15) is 98.1 Å². The predicted molar refractivity (Wildman–Crippen MR) is 168 cm³/mol. The molecule has 0 atom stereocenters. The predicted octanol–water partition coefficient (Wildman–Crippen LogP) is 9.15. The van der Waals surface area contributed by atoms with Crippen molar-refractivity contribution in [1.82, 2.24) is 9.80 Å². The van der Waals surface area contributed by atoms with Gasteiger partial charge in [-0.3, -0.25) is 0 Å². The number of benzene rings is 2. The number of hydrogen-bond acceptors (Lipinski definition) is 4. The first-order valence-corrected chi connectivity index (χ1v) is 15.0. The van der Waals surface area contributed by atoms with Gasteiger partial charge in [0.1, 0.15) is 11.2 Å². The highest BCUT2D eigenvalue weighted by Gasteiger charge is 2.23. The van der Waals surface area contributed by atoms with Crippen molar-refractivity contribution in [3.05, 3.63) is 83.4 Å². The van der Waals surface area contributed by atoms with Crippen LogP contribution >= 0.6 is 0 Å². The van der Waals surface area contributed by atoms with Crippen molar-refractivity contribution in [2.75, 3.05) is 13.1 Å². The van der Waals surface area contributed by atoms with Crippen LogP contribution in [0.4, 0.5) is 9.59 Å². The number of nitrogens with zero attached hydrogens (tertiary/aromatic N) is 2. The number of hydrogen-bond donors (Lipinski definition) is 0. The first-order chi connectivity index (χ1) is 19.3. The van der Waals surface area contributed by atoms with Crippen LogP contribution in [0.3, 0.4) is 0 Å². The van der Waals surface area contributed by atoms with E-state index in [0.29, 0.717) is 26.2 Å². The van der Waals surface area contributed by atoms with E-state index in [1.807, 2.05) is 112 Å². The molecule has 0 bridgehead atoms. The fourth-order valence-electron chi connectivity index (χ4n) is 4.33. The Morgan fingerprint density at radius 1 is 0.659 bits per heavy atom. The molecule has 0 spiro atoms. The monoisotopic (exact) mass is 564 g/mol. The number of carbonyl (C=O) groups is 2. The van der Waals surface area contributed by atoms with Crippen LogP contribution in [0.15, 0.2) is 72.3 Å². The molecular weight excluding hydrogens is 512 g/mol. The van der Waals surface area contributed by atoms with Gasteiger partial charge >= 0.3 is 12.2 Å². The zero-order chi connectivity index (χ0) is 30.3. The lowest BCUT2D eigenvalue weighted by molar-refractivity contribution is 0.0220. The van der Waals surface area contributed by atoms with Crippen molar-refractivity contribution >= 4 is 12.2 Å². The van der Waals surface area contributed by atoms with Crippen molar-refractivity contribution in [3.63, 3.8) is 0 Å². The van der Waals surface area contributed by atoms with Gasteiger partial charge in [0.25, 0.3) is 0 Å². The molecule has 0 saturated carbocycles. The molecule has 226 valence electrons. The van der Waals surface area contributed by atoms with E-state index in [1.54, 1.807) is 0 Å². The number of ether oxygens (including phenoxy) is 2. The summed E-state index contributed by atoms with van der Waals surface area (Å²) < 4.78 is 11.3. The molecule has 2 aromatic carbocycles. The highest BCUT2D eigenvalue weighted by molar-refractivity contribution is 5.68. The van der Waals surface area contributed by atoms with Gasteiger partial charge in [-0.25, -0.2) is 9.59 Å². The van der Waals surface area contributed by atoms with Gasteiger partial charge < -0.3 is 19.3 Å². The minimum absolute atomic E-state index is 0.263. The minimum Gasteiger partial charge on any atom is -0.444 e. The third-order valence-corrected chi connectivity index (χ3v) is 6.36. The van der Waals surface area contributed by atoms with Gasteiger partial charge in [-0.2, -0.15) is 0 Å². The Morgan fingerprint density at radius 2 is 1.07 bits per heavy atom. The number of unbranched alkanes of at least 4 members (excludes halogenated alkanes) is 3. The van der Waals surface area contributed by atoms with E-state index in [1.165, 1.54) is 5.57 Å². The van der Waals surface area contributed by atoms with Crippen LogP contribution in [-0.2, 0) is 22.6 Å². The van der Waals surface area contributed by atoms with E-state index in [0.717, 1.165) is 49.7 Å². The Balaban J connectivity index is 1.78. The van der Waals surface area contributed by atoms with E-state index in [9.17, 15) is 9.59 Å². The first kappa shape index (κ1) is 33.9. The molecule has 2 rings (SSSR count).